The summed E-state index contributed by atoms with van der Waals surface area (Å²) >= 11 is 5.90. The van der Waals surface area contributed by atoms with Crippen molar-refractivity contribution in [3.05, 3.63) is 65.3 Å². The van der Waals surface area contributed by atoms with Crippen molar-refractivity contribution in [1.29, 1.82) is 0 Å². The zero-order valence-electron chi connectivity index (χ0n) is 13.1. The largest absolute Gasteiger partial charge is 0.481 e. The molecule has 0 bridgehead atoms. The molecule has 3 aromatic rings. The van der Waals surface area contributed by atoms with Crippen LogP contribution in [0.15, 0.2) is 54.6 Å². The molecule has 0 atom stereocenters. The van der Waals surface area contributed by atoms with Crippen molar-refractivity contribution in [1.82, 2.24) is 9.97 Å². The monoisotopic (exact) mass is 356 g/mol. The number of hydrogen-bond donors (Lipinski definition) is 1. The van der Waals surface area contributed by atoms with Gasteiger partial charge >= 0.3 is 12.0 Å². The van der Waals surface area contributed by atoms with Crippen molar-refractivity contribution < 1.29 is 19.4 Å². The number of benzene rings is 2. The van der Waals surface area contributed by atoms with Crippen molar-refractivity contribution in [3.8, 4) is 28.8 Å². The van der Waals surface area contributed by atoms with E-state index in [1.807, 2.05) is 30.3 Å². The molecule has 3 rings (SSSR count). The summed E-state index contributed by atoms with van der Waals surface area (Å²) in [6.07, 6.45) is 0. The van der Waals surface area contributed by atoms with Crippen molar-refractivity contribution in [2.75, 3.05) is 7.11 Å². The SMILES string of the molecule is COc1cc(Cl)nc(Oc2cccc(-c3ccccc3)c2C(=O)O)n1. The molecular formula is C18H13ClN2O4. The molecule has 7 heteroatoms. The van der Waals surface area contributed by atoms with E-state index in [1.165, 1.54) is 19.2 Å². The minimum atomic E-state index is -1.12. The molecule has 0 saturated carbocycles. The average molecular weight is 357 g/mol. The topological polar surface area (TPSA) is 81.5 Å². The Hall–Kier alpha value is -3.12. The lowest BCUT2D eigenvalue weighted by Gasteiger charge is -2.12. The zero-order valence-corrected chi connectivity index (χ0v) is 13.9. The fourth-order valence-corrected chi connectivity index (χ4v) is 2.49. The lowest BCUT2D eigenvalue weighted by Crippen LogP contribution is -2.04. The molecule has 1 N–H and O–H groups in total. The third-order valence-electron chi connectivity index (χ3n) is 3.39. The van der Waals surface area contributed by atoms with Crippen LogP contribution in [0.1, 0.15) is 10.4 Å². The number of ether oxygens (including phenoxy) is 2. The fraction of sp³-hybridized carbons (Fsp3) is 0.0556. The highest BCUT2D eigenvalue weighted by molar-refractivity contribution is 6.29. The molecule has 0 aliphatic rings. The Morgan fingerprint density at radius 2 is 1.84 bits per heavy atom. The quantitative estimate of drug-likeness (QED) is 0.686. The van der Waals surface area contributed by atoms with Gasteiger partial charge in [0.15, 0.2) is 0 Å². The van der Waals surface area contributed by atoms with E-state index in [0.29, 0.717) is 5.56 Å². The van der Waals surface area contributed by atoms with Gasteiger partial charge in [0, 0.05) is 6.07 Å². The number of aromatic carboxylic acids is 1. The van der Waals surface area contributed by atoms with E-state index < -0.39 is 5.97 Å². The predicted molar refractivity (Wildman–Crippen MR) is 92.5 cm³/mol. The fourth-order valence-electron chi connectivity index (χ4n) is 2.32. The van der Waals surface area contributed by atoms with Crippen molar-refractivity contribution in [3.63, 3.8) is 0 Å². The van der Waals surface area contributed by atoms with Crippen LogP contribution in [0.4, 0.5) is 0 Å². The molecule has 1 heterocycles. The second kappa shape index (κ2) is 7.19. The highest BCUT2D eigenvalue weighted by atomic mass is 35.5. The number of halogens is 1. The van der Waals surface area contributed by atoms with Gasteiger partial charge in [-0.15, -0.1) is 0 Å². The summed E-state index contributed by atoms with van der Waals surface area (Å²) in [7, 11) is 1.43. The summed E-state index contributed by atoms with van der Waals surface area (Å²) in [6.45, 7) is 0. The Labute approximate surface area is 148 Å². The normalized spacial score (nSPS) is 10.3. The predicted octanol–water partition coefficient (Wildman–Crippen LogP) is 4.30. The van der Waals surface area contributed by atoms with Crippen LogP contribution in [0, 0.1) is 0 Å². The minimum Gasteiger partial charge on any atom is -0.481 e. The van der Waals surface area contributed by atoms with E-state index in [1.54, 1.807) is 12.1 Å². The van der Waals surface area contributed by atoms with Crippen LogP contribution in [0.5, 0.6) is 17.6 Å². The molecule has 126 valence electrons. The lowest BCUT2D eigenvalue weighted by atomic mass is 9.99. The second-order valence-corrected chi connectivity index (χ2v) is 5.35. The molecule has 2 aromatic carbocycles. The van der Waals surface area contributed by atoms with Crippen LogP contribution in [0.2, 0.25) is 5.15 Å². The molecule has 6 nitrogen and oxygen atoms in total. The van der Waals surface area contributed by atoms with Gasteiger partial charge in [-0.3, -0.25) is 0 Å². The highest BCUT2D eigenvalue weighted by Crippen LogP contribution is 2.33. The van der Waals surface area contributed by atoms with Gasteiger partial charge in [0.05, 0.1) is 7.11 Å². The lowest BCUT2D eigenvalue weighted by molar-refractivity contribution is 0.0695. The molecule has 0 saturated heterocycles. The van der Waals surface area contributed by atoms with Crippen molar-refractivity contribution >= 4 is 17.6 Å². The number of carboxylic acids is 1. The molecule has 0 unspecified atom stereocenters. The summed E-state index contributed by atoms with van der Waals surface area (Å²) in [5.41, 5.74) is 1.30. The van der Waals surface area contributed by atoms with E-state index in [2.05, 4.69) is 9.97 Å². The molecule has 25 heavy (non-hydrogen) atoms. The summed E-state index contributed by atoms with van der Waals surface area (Å²) < 4.78 is 10.6. The van der Waals surface area contributed by atoms with Gasteiger partial charge < -0.3 is 14.6 Å². The number of aromatic nitrogens is 2. The minimum absolute atomic E-state index is 0.0104. The van der Waals surface area contributed by atoms with Gasteiger partial charge in [-0.2, -0.15) is 9.97 Å². The van der Waals surface area contributed by atoms with Crippen LogP contribution in [0.25, 0.3) is 11.1 Å². The Kier molecular flexibility index (Phi) is 4.81. The van der Waals surface area contributed by atoms with Crippen molar-refractivity contribution in [2.24, 2.45) is 0 Å². The number of rotatable bonds is 5. The molecule has 0 radical (unpaired) electrons. The van der Waals surface area contributed by atoms with Gasteiger partial charge in [0.2, 0.25) is 5.88 Å². The molecule has 0 amide bonds. The first-order chi connectivity index (χ1) is 12.1. The smallest absolute Gasteiger partial charge is 0.340 e. The number of carboxylic acid groups (broad SMARTS) is 1. The van der Waals surface area contributed by atoms with E-state index in [4.69, 9.17) is 21.1 Å². The van der Waals surface area contributed by atoms with Gasteiger partial charge in [-0.1, -0.05) is 54.1 Å². The first kappa shape index (κ1) is 16.7. The summed E-state index contributed by atoms with van der Waals surface area (Å²) in [4.78, 5) is 19.8. The maximum absolute atomic E-state index is 11.8. The molecule has 1 aromatic heterocycles. The molecule has 0 fully saturated rings. The summed E-state index contributed by atoms with van der Waals surface area (Å²) in [5.74, 6) is -0.798. The number of carbonyl (C=O) groups is 1. The molecule has 0 aliphatic carbocycles. The molecule has 0 spiro atoms. The Morgan fingerprint density at radius 3 is 2.52 bits per heavy atom. The number of nitrogens with zero attached hydrogens (tertiary/aromatic N) is 2. The van der Waals surface area contributed by atoms with Gasteiger partial charge in [-0.25, -0.2) is 4.79 Å². The zero-order chi connectivity index (χ0) is 17.8. The maximum Gasteiger partial charge on any atom is 0.340 e. The molecule has 0 aliphatic heterocycles. The van der Waals surface area contributed by atoms with Gasteiger partial charge in [-0.05, 0) is 17.2 Å². The second-order valence-electron chi connectivity index (χ2n) is 4.97. The van der Waals surface area contributed by atoms with Crippen LogP contribution < -0.4 is 9.47 Å². The number of methoxy groups -OCH3 is 1. The summed E-state index contributed by atoms with van der Waals surface area (Å²) in [6, 6.07) is 15.4. The Morgan fingerprint density at radius 1 is 1.08 bits per heavy atom. The number of hydrogen-bond acceptors (Lipinski definition) is 5. The summed E-state index contributed by atoms with van der Waals surface area (Å²) in [5, 5.41) is 9.79. The van der Waals surface area contributed by atoms with Crippen LogP contribution in [-0.4, -0.2) is 28.2 Å². The highest BCUT2D eigenvalue weighted by Gasteiger charge is 2.19. The van der Waals surface area contributed by atoms with Crippen LogP contribution >= 0.6 is 11.6 Å². The van der Waals surface area contributed by atoms with E-state index >= 15 is 0 Å². The molecular weight excluding hydrogens is 344 g/mol. The Balaban J connectivity index is 2.08. The van der Waals surface area contributed by atoms with E-state index in [-0.39, 0.29) is 28.4 Å². The first-order valence-electron chi connectivity index (χ1n) is 7.26. The van der Waals surface area contributed by atoms with E-state index in [0.717, 1.165) is 5.56 Å². The van der Waals surface area contributed by atoms with Gasteiger partial charge in [0.1, 0.15) is 16.5 Å². The average Bonchev–Trinajstić information content (AvgIpc) is 2.61. The third kappa shape index (κ3) is 3.70. The van der Waals surface area contributed by atoms with Gasteiger partial charge in [0.25, 0.3) is 0 Å². The standard InChI is InChI=1S/C18H13ClN2O4/c1-24-15-10-14(19)20-18(21-15)25-13-9-5-8-12(16(13)17(22)23)11-6-3-2-4-7-11/h2-10H,1H3,(H,22,23). The van der Waals surface area contributed by atoms with Crippen molar-refractivity contribution in [2.45, 2.75) is 0 Å². The Bertz CT molecular complexity index is 916. The van der Waals surface area contributed by atoms with E-state index in [9.17, 15) is 9.90 Å². The maximum atomic E-state index is 11.8. The first-order valence-corrected chi connectivity index (χ1v) is 7.64. The van der Waals surface area contributed by atoms with Crippen LogP contribution in [0.3, 0.4) is 0 Å². The third-order valence-corrected chi connectivity index (χ3v) is 3.58. The van der Waals surface area contributed by atoms with Crippen LogP contribution in [-0.2, 0) is 0 Å².